The van der Waals surface area contributed by atoms with E-state index in [2.05, 4.69) is 22.1 Å². The van der Waals surface area contributed by atoms with E-state index in [1.807, 2.05) is 18.2 Å². The highest BCUT2D eigenvalue weighted by molar-refractivity contribution is 8.01. The summed E-state index contributed by atoms with van der Waals surface area (Å²) in [7, 11) is 0. The lowest BCUT2D eigenvalue weighted by molar-refractivity contribution is 0.0218. The van der Waals surface area contributed by atoms with Gasteiger partial charge >= 0.3 is 0 Å². The third-order valence-electron chi connectivity index (χ3n) is 5.20. The first-order valence-corrected chi connectivity index (χ1v) is 10.6. The summed E-state index contributed by atoms with van der Waals surface area (Å²) in [5.74, 6) is 0.676. The van der Waals surface area contributed by atoms with E-state index in [0.717, 1.165) is 14.0 Å². The van der Waals surface area contributed by atoms with Gasteiger partial charge < -0.3 is 5.32 Å². The molecule has 3 aliphatic heterocycles. The van der Waals surface area contributed by atoms with E-state index in [1.165, 1.54) is 37.3 Å². The van der Waals surface area contributed by atoms with Crippen molar-refractivity contribution >= 4 is 40.6 Å². The minimum atomic E-state index is 0.0525. The lowest BCUT2D eigenvalue weighted by atomic mass is 9.79. The van der Waals surface area contributed by atoms with Gasteiger partial charge in [-0.15, -0.1) is 11.3 Å². The Balaban J connectivity index is 1.41. The molecule has 0 spiro atoms. The van der Waals surface area contributed by atoms with Crippen LogP contribution in [0.1, 0.15) is 29.4 Å². The summed E-state index contributed by atoms with van der Waals surface area (Å²) in [6, 6.07) is 8.34. The van der Waals surface area contributed by atoms with Crippen molar-refractivity contribution in [3.63, 3.8) is 0 Å². The zero-order valence-corrected chi connectivity index (χ0v) is 16.3. The molecule has 3 fully saturated rings. The van der Waals surface area contributed by atoms with Crippen LogP contribution in [-0.4, -0.2) is 41.0 Å². The fourth-order valence-electron chi connectivity index (χ4n) is 3.80. The first-order valence-electron chi connectivity index (χ1n) is 8.54. The largest absolute Gasteiger partial charge is 0.347 e. The standard InChI is InChI=1S/C18H20ClN3OS2/c1-11-17(12-6-8-22(11)9-7-12)21-18(23)14-3-5-16(25-14)24-13-2-4-15(19)20-10-13/h2-5,10-12,17H,6-9H2,1H3,(H,21,23). The first kappa shape index (κ1) is 17.3. The molecule has 0 saturated carbocycles. The number of carbonyl (C=O) groups excluding carboxylic acids is 1. The Bertz CT molecular complexity index is 754. The number of fused-ring (bicyclic) bond motifs is 3. The van der Waals surface area contributed by atoms with Gasteiger partial charge in [-0.2, -0.15) is 0 Å². The monoisotopic (exact) mass is 393 g/mol. The number of carbonyl (C=O) groups is 1. The van der Waals surface area contributed by atoms with Gasteiger partial charge in [0, 0.05) is 23.2 Å². The number of aromatic nitrogens is 1. The van der Waals surface area contributed by atoms with Crippen molar-refractivity contribution in [1.29, 1.82) is 0 Å². The Hall–Kier alpha value is -1.08. The van der Waals surface area contributed by atoms with E-state index in [-0.39, 0.29) is 11.9 Å². The van der Waals surface area contributed by atoms with Gasteiger partial charge in [-0.3, -0.25) is 9.69 Å². The molecule has 2 atom stereocenters. The van der Waals surface area contributed by atoms with Crippen molar-refractivity contribution in [2.75, 3.05) is 13.1 Å². The van der Waals surface area contributed by atoms with E-state index in [9.17, 15) is 4.79 Å². The van der Waals surface area contributed by atoms with Crippen molar-refractivity contribution in [2.45, 2.75) is 41.0 Å². The van der Waals surface area contributed by atoms with Crippen molar-refractivity contribution in [3.05, 3.63) is 40.5 Å². The topological polar surface area (TPSA) is 45.2 Å². The summed E-state index contributed by atoms with van der Waals surface area (Å²) in [5.41, 5.74) is 0. The number of hydrogen-bond donors (Lipinski definition) is 1. The van der Waals surface area contributed by atoms with Crippen LogP contribution in [0.2, 0.25) is 5.15 Å². The van der Waals surface area contributed by atoms with Crippen molar-refractivity contribution in [3.8, 4) is 0 Å². The van der Waals surface area contributed by atoms with E-state index < -0.39 is 0 Å². The van der Waals surface area contributed by atoms with Gasteiger partial charge in [0.05, 0.1) is 9.09 Å². The van der Waals surface area contributed by atoms with E-state index in [4.69, 9.17) is 11.6 Å². The summed E-state index contributed by atoms with van der Waals surface area (Å²) in [4.78, 5) is 21.1. The second kappa shape index (κ2) is 7.27. The zero-order valence-electron chi connectivity index (χ0n) is 13.9. The molecule has 25 heavy (non-hydrogen) atoms. The smallest absolute Gasteiger partial charge is 0.261 e. The van der Waals surface area contributed by atoms with Gasteiger partial charge in [0.2, 0.25) is 0 Å². The van der Waals surface area contributed by atoms with Crippen molar-refractivity contribution in [1.82, 2.24) is 15.2 Å². The SMILES string of the molecule is CC1C(NC(=O)c2ccc(Sc3ccc(Cl)nc3)s2)C2CCN1CC2. The summed E-state index contributed by atoms with van der Waals surface area (Å²) in [6.45, 7) is 4.58. The maximum atomic E-state index is 12.7. The molecule has 0 aromatic carbocycles. The number of piperidine rings is 3. The fourth-order valence-corrected chi connectivity index (χ4v) is 5.89. The predicted octanol–water partition coefficient (Wildman–Crippen LogP) is 4.16. The van der Waals surface area contributed by atoms with Crippen LogP contribution in [0.15, 0.2) is 39.6 Å². The quantitative estimate of drug-likeness (QED) is 0.792. The molecule has 1 amide bonds. The van der Waals surface area contributed by atoms with Gasteiger partial charge in [0.15, 0.2) is 0 Å². The summed E-state index contributed by atoms with van der Waals surface area (Å²) in [6.07, 6.45) is 4.15. The Kier molecular flexibility index (Phi) is 5.04. The minimum Gasteiger partial charge on any atom is -0.347 e. The maximum Gasteiger partial charge on any atom is 0.261 e. The fraction of sp³-hybridized carbons (Fsp3) is 0.444. The molecular formula is C18H20ClN3OS2. The van der Waals surface area contributed by atoms with Crippen LogP contribution in [0, 0.1) is 5.92 Å². The third kappa shape index (κ3) is 3.72. The molecule has 0 radical (unpaired) electrons. The number of pyridine rings is 1. The van der Waals surface area contributed by atoms with Crippen LogP contribution in [0.5, 0.6) is 0 Å². The van der Waals surface area contributed by atoms with Gasteiger partial charge in [0.25, 0.3) is 5.91 Å². The molecule has 2 unspecified atom stereocenters. The highest BCUT2D eigenvalue weighted by Gasteiger charge is 2.40. The van der Waals surface area contributed by atoms with Gasteiger partial charge in [0.1, 0.15) is 5.15 Å². The average molecular weight is 394 g/mol. The summed E-state index contributed by atoms with van der Waals surface area (Å²) >= 11 is 8.95. The Morgan fingerprint density at radius 1 is 1.32 bits per heavy atom. The summed E-state index contributed by atoms with van der Waals surface area (Å²) in [5, 5.41) is 3.78. The number of nitrogens with zero attached hydrogens (tertiary/aromatic N) is 2. The third-order valence-corrected chi connectivity index (χ3v) is 7.62. The Morgan fingerprint density at radius 3 is 2.80 bits per heavy atom. The Morgan fingerprint density at radius 2 is 2.12 bits per heavy atom. The number of rotatable bonds is 4. The minimum absolute atomic E-state index is 0.0525. The van der Waals surface area contributed by atoms with Gasteiger partial charge in [-0.05, 0) is 63.0 Å². The van der Waals surface area contributed by atoms with Gasteiger partial charge in [-0.25, -0.2) is 4.98 Å². The summed E-state index contributed by atoms with van der Waals surface area (Å²) < 4.78 is 1.08. The predicted molar refractivity (Wildman–Crippen MR) is 103 cm³/mol. The highest BCUT2D eigenvalue weighted by Crippen LogP contribution is 2.35. The molecule has 5 heterocycles. The van der Waals surface area contributed by atoms with Crippen LogP contribution in [0.25, 0.3) is 0 Å². The normalized spacial score (nSPS) is 28.1. The molecule has 2 aromatic heterocycles. The second-order valence-corrected chi connectivity index (χ2v) is 9.50. The number of amides is 1. The molecule has 2 bridgehead atoms. The van der Waals surface area contributed by atoms with Crippen LogP contribution in [0.4, 0.5) is 0 Å². The van der Waals surface area contributed by atoms with E-state index in [0.29, 0.717) is 17.1 Å². The van der Waals surface area contributed by atoms with Crippen LogP contribution >= 0.6 is 34.7 Å². The number of nitrogens with one attached hydrogen (secondary N) is 1. The lowest BCUT2D eigenvalue weighted by Gasteiger charge is -2.49. The zero-order chi connectivity index (χ0) is 17.4. The molecule has 2 aromatic rings. The highest BCUT2D eigenvalue weighted by atomic mass is 35.5. The molecule has 1 N–H and O–H groups in total. The number of thiophene rings is 1. The molecule has 4 nitrogen and oxygen atoms in total. The molecule has 5 rings (SSSR count). The van der Waals surface area contributed by atoms with Crippen LogP contribution in [0.3, 0.4) is 0 Å². The van der Waals surface area contributed by atoms with Crippen LogP contribution in [-0.2, 0) is 0 Å². The van der Waals surface area contributed by atoms with E-state index >= 15 is 0 Å². The van der Waals surface area contributed by atoms with Crippen LogP contribution < -0.4 is 5.32 Å². The molecule has 0 aliphatic carbocycles. The molecule has 7 heteroatoms. The first-order chi connectivity index (χ1) is 12.1. The Labute approximate surface area is 161 Å². The maximum absolute atomic E-state index is 12.7. The van der Waals surface area contributed by atoms with Crippen molar-refractivity contribution < 1.29 is 4.79 Å². The number of halogens is 1. The number of hydrogen-bond acceptors (Lipinski definition) is 5. The molecule has 132 valence electrons. The lowest BCUT2D eigenvalue weighted by Crippen LogP contribution is -2.62. The average Bonchev–Trinajstić information content (AvgIpc) is 3.09. The molecule has 3 aliphatic rings. The van der Waals surface area contributed by atoms with Crippen molar-refractivity contribution in [2.24, 2.45) is 5.92 Å². The van der Waals surface area contributed by atoms with Gasteiger partial charge in [-0.1, -0.05) is 23.4 Å². The molecular weight excluding hydrogens is 374 g/mol. The second-order valence-electron chi connectivity index (χ2n) is 6.65. The van der Waals surface area contributed by atoms with E-state index in [1.54, 1.807) is 24.0 Å². The molecule has 3 saturated heterocycles.